The van der Waals surface area contributed by atoms with Crippen LogP contribution >= 0.6 is 0 Å². The van der Waals surface area contributed by atoms with E-state index in [2.05, 4.69) is 23.1 Å². The monoisotopic (exact) mass is 108 g/mol. The summed E-state index contributed by atoms with van der Waals surface area (Å²) in [5.74, 6) is 0. The van der Waals surface area contributed by atoms with E-state index in [4.69, 9.17) is 0 Å². The molecule has 0 atom stereocenters. The molecule has 1 nitrogen and oxygen atoms in total. The zero-order valence-electron chi connectivity index (χ0n) is 5.31. The Morgan fingerprint density at radius 1 is 1.62 bits per heavy atom. The van der Waals surface area contributed by atoms with Gasteiger partial charge in [-0.1, -0.05) is 6.08 Å². The van der Waals surface area contributed by atoms with Crippen LogP contribution in [-0.4, -0.2) is 19.0 Å². The Bertz CT molecular complexity index is 131. The van der Waals surface area contributed by atoms with E-state index in [1.54, 1.807) is 0 Å². The van der Waals surface area contributed by atoms with Crippen molar-refractivity contribution in [1.82, 2.24) is 4.90 Å². The second-order valence-corrected chi connectivity index (χ2v) is 2.06. The van der Waals surface area contributed by atoms with Gasteiger partial charge in [0, 0.05) is 19.8 Å². The molecule has 0 aliphatic heterocycles. The maximum atomic E-state index is 3.19. The van der Waals surface area contributed by atoms with E-state index < -0.39 is 0 Å². The van der Waals surface area contributed by atoms with Crippen LogP contribution in [-0.2, 0) is 0 Å². The highest BCUT2D eigenvalue weighted by molar-refractivity contribution is 5.20. The quantitative estimate of drug-likeness (QED) is 0.487. The normalized spacial score (nSPS) is 16.5. The molecule has 0 aromatic rings. The molecule has 0 fully saturated rings. The molecular formula is C7H10N. The standard InChI is InChI=1S/C7H10N/c1-8(2)7-5-3-4-6-7/h3,5H,4H2,1-2H3. The number of nitrogens with zero attached hydrogens (tertiary/aromatic N) is 1. The van der Waals surface area contributed by atoms with Gasteiger partial charge in [0.05, 0.1) is 0 Å². The van der Waals surface area contributed by atoms with Crippen LogP contribution < -0.4 is 0 Å². The van der Waals surface area contributed by atoms with Gasteiger partial charge in [-0.05, 0) is 18.6 Å². The summed E-state index contributed by atoms with van der Waals surface area (Å²) in [5.41, 5.74) is 1.20. The second kappa shape index (κ2) is 2.03. The third-order valence-corrected chi connectivity index (χ3v) is 1.16. The number of hydrogen-bond donors (Lipinski definition) is 0. The van der Waals surface area contributed by atoms with Crippen LogP contribution in [0.1, 0.15) is 6.42 Å². The molecule has 1 heteroatoms. The van der Waals surface area contributed by atoms with Crippen molar-refractivity contribution in [3.8, 4) is 0 Å². The molecule has 0 saturated carbocycles. The minimum Gasteiger partial charge on any atom is -0.377 e. The lowest BCUT2D eigenvalue weighted by atomic mass is 10.4. The van der Waals surface area contributed by atoms with E-state index in [0.29, 0.717) is 0 Å². The van der Waals surface area contributed by atoms with Crippen LogP contribution in [0.4, 0.5) is 0 Å². The smallest absolute Gasteiger partial charge is 0.0397 e. The molecule has 0 heterocycles. The summed E-state index contributed by atoms with van der Waals surface area (Å²) in [6.07, 6.45) is 8.36. The van der Waals surface area contributed by atoms with Crippen molar-refractivity contribution >= 4 is 0 Å². The molecule has 1 aliphatic carbocycles. The van der Waals surface area contributed by atoms with Crippen molar-refractivity contribution in [3.05, 3.63) is 23.9 Å². The maximum Gasteiger partial charge on any atom is 0.0397 e. The van der Waals surface area contributed by atoms with Gasteiger partial charge in [0.15, 0.2) is 0 Å². The van der Waals surface area contributed by atoms with Crippen LogP contribution in [0.2, 0.25) is 0 Å². The van der Waals surface area contributed by atoms with E-state index in [-0.39, 0.29) is 0 Å². The third kappa shape index (κ3) is 0.915. The fraction of sp³-hybridized carbons (Fsp3) is 0.429. The summed E-state index contributed by atoms with van der Waals surface area (Å²) in [5, 5.41) is 0. The fourth-order valence-corrected chi connectivity index (χ4v) is 0.700. The minimum atomic E-state index is 0.980. The summed E-state index contributed by atoms with van der Waals surface area (Å²) in [6, 6.07) is 0. The van der Waals surface area contributed by atoms with Gasteiger partial charge in [-0.15, -0.1) is 0 Å². The van der Waals surface area contributed by atoms with Crippen LogP contribution in [0.15, 0.2) is 17.8 Å². The molecule has 0 aromatic heterocycles. The summed E-state index contributed by atoms with van der Waals surface area (Å²) >= 11 is 0. The molecule has 0 spiro atoms. The summed E-state index contributed by atoms with van der Waals surface area (Å²) < 4.78 is 0. The minimum absolute atomic E-state index is 0.980. The number of hydrogen-bond acceptors (Lipinski definition) is 1. The first-order chi connectivity index (χ1) is 3.80. The van der Waals surface area contributed by atoms with E-state index >= 15 is 0 Å². The molecule has 1 rings (SSSR count). The lowest BCUT2D eigenvalue weighted by Gasteiger charge is -2.09. The molecule has 1 aliphatic rings. The topological polar surface area (TPSA) is 3.24 Å². The lowest BCUT2D eigenvalue weighted by molar-refractivity contribution is 0.528. The van der Waals surface area contributed by atoms with E-state index in [9.17, 15) is 0 Å². The van der Waals surface area contributed by atoms with Gasteiger partial charge in [0.1, 0.15) is 0 Å². The van der Waals surface area contributed by atoms with Crippen LogP contribution in [0, 0.1) is 6.08 Å². The molecule has 0 N–H and O–H groups in total. The summed E-state index contributed by atoms with van der Waals surface area (Å²) in [4.78, 5) is 2.06. The summed E-state index contributed by atoms with van der Waals surface area (Å²) in [7, 11) is 4.05. The predicted octanol–water partition coefficient (Wildman–Crippen LogP) is 1.19. The van der Waals surface area contributed by atoms with Gasteiger partial charge < -0.3 is 4.90 Å². The fourth-order valence-electron chi connectivity index (χ4n) is 0.700. The van der Waals surface area contributed by atoms with Gasteiger partial charge in [-0.2, -0.15) is 0 Å². The van der Waals surface area contributed by atoms with Crippen LogP contribution in [0.25, 0.3) is 0 Å². The zero-order valence-corrected chi connectivity index (χ0v) is 5.31. The van der Waals surface area contributed by atoms with Crippen molar-refractivity contribution in [2.75, 3.05) is 14.1 Å². The first kappa shape index (κ1) is 5.42. The highest BCUT2D eigenvalue weighted by Gasteiger charge is 1.97. The molecule has 8 heavy (non-hydrogen) atoms. The Hall–Kier alpha value is -0.720. The van der Waals surface area contributed by atoms with Gasteiger partial charge >= 0.3 is 0 Å². The van der Waals surface area contributed by atoms with Gasteiger partial charge in [-0.25, -0.2) is 0 Å². The molecule has 0 aromatic carbocycles. The van der Waals surface area contributed by atoms with E-state index in [0.717, 1.165) is 6.42 Å². The van der Waals surface area contributed by atoms with E-state index in [1.807, 2.05) is 14.1 Å². The molecule has 1 radical (unpaired) electrons. The van der Waals surface area contributed by atoms with Gasteiger partial charge in [-0.3, -0.25) is 0 Å². The summed E-state index contributed by atoms with van der Waals surface area (Å²) in [6.45, 7) is 0. The highest BCUT2D eigenvalue weighted by Crippen LogP contribution is 2.08. The van der Waals surface area contributed by atoms with Gasteiger partial charge in [0.25, 0.3) is 0 Å². The molecule has 0 amide bonds. The van der Waals surface area contributed by atoms with Crippen molar-refractivity contribution in [2.45, 2.75) is 6.42 Å². The average Bonchev–Trinajstić information content (AvgIpc) is 2.12. The Morgan fingerprint density at radius 3 is 2.62 bits per heavy atom. The predicted molar refractivity (Wildman–Crippen MR) is 34.2 cm³/mol. The highest BCUT2D eigenvalue weighted by atomic mass is 15.1. The number of rotatable bonds is 1. The van der Waals surface area contributed by atoms with Crippen molar-refractivity contribution in [3.63, 3.8) is 0 Å². The Morgan fingerprint density at radius 2 is 2.38 bits per heavy atom. The molecule has 0 bridgehead atoms. The second-order valence-electron chi connectivity index (χ2n) is 2.06. The number of likely N-dealkylation sites (N-methyl/N-ethyl adjacent to an activating group) is 1. The Labute approximate surface area is 50.3 Å². The van der Waals surface area contributed by atoms with Crippen LogP contribution in [0.3, 0.4) is 0 Å². The van der Waals surface area contributed by atoms with Gasteiger partial charge in [0.2, 0.25) is 0 Å². The molecule has 43 valence electrons. The van der Waals surface area contributed by atoms with Crippen molar-refractivity contribution in [2.24, 2.45) is 0 Å². The van der Waals surface area contributed by atoms with E-state index in [1.165, 1.54) is 5.70 Å². The molecule has 0 unspecified atom stereocenters. The van der Waals surface area contributed by atoms with Crippen molar-refractivity contribution < 1.29 is 0 Å². The lowest BCUT2D eigenvalue weighted by Crippen LogP contribution is -2.07. The SMILES string of the molecule is CN(C)C1=[C]CC=C1. The maximum absolute atomic E-state index is 3.19. The Balaban J connectivity index is 2.58. The molecular weight excluding hydrogens is 98.1 g/mol. The largest absolute Gasteiger partial charge is 0.377 e. The first-order valence-electron chi connectivity index (χ1n) is 2.75. The number of allylic oxidation sites excluding steroid dienone is 3. The zero-order chi connectivity index (χ0) is 5.98. The Kier molecular flexibility index (Phi) is 1.38. The third-order valence-electron chi connectivity index (χ3n) is 1.16. The average molecular weight is 108 g/mol. The van der Waals surface area contributed by atoms with Crippen molar-refractivity contribution in [1.29, 1.82) is 0 Å². The molecule has 0 saturated heterocycles. The van der Waals surface area contributed by atoms with Crippen LogP contribution in [0.5, 0.6) is 0 Å². The first-order valence-corrected chi connectivity index (χ1v) is 2.75.